The number of rotatable bonds is 3. The number of likely N-dealkylation sites (tertiary alicyclic amines) is 1. The van der Waals surface area contributed by atoms with E-state index < -0.39 is 17.6 Å². The van der Waals surface area contributed by atoms with E-state index in [1.165, 1.54) is 24.2 Å². The zero-order valence-electron chi connectivity index (χ0n) is 18.4. The molecule has 1 spiro atoms. The summed E-state index contributed by atoms with van der Waals surface area (Å²) in [5, 5.41) is 10.2. The Bertz CT molecular complexity index is 1140. The van der Waals surface area contributed by atoms with Gasteiger partial charge in [-0.2, -0.15) is 0 Å². The molecule has 1 atom stereocenters. The highest BCUT2D eigenvalue weighted by atomic mass is 16.5. The standard InChI is InChI=1S/C25H29NO6/c1-15-17-12-16-7-10-25(8-3-2-4-9-25)32-20(16)14-21(17)31-24(30)18(15)13-22(27)26-11-5-6-19(26)23(28)29/h12,14,19H,2-11,13H2,1H3,(H,28,29)/t19-/m0/s1. The molecule has 2 aliphatic heterocycles. The van der Waals surface area contributed by atoms with Crippen molar-refractivity contribution in [3.8, 4) is 5.75 Å². The number of carboxylic acid groups (broad SMARTS) is 1. The Hall–Kier alpha value is -2.83. The van der Waals surface area contributed by atoms with Crippen LogP contribution in [0.1, 0.15) is 68.1 Å². The number of ether oxygens (including phenoxy) is 1. The van der Waals surface area contributed by atoms with E-state index in [1.807, 2.05) is 19.1 Å². The van der Waals surface area contributed by atoms with Crippen LogP contribution in [0.4, 0.5) is 0 Å². The first-order chi connectivity index (χ1) is 15.4. The van der Waals surface area contributed by atoms with Crippen molar-refractivity contribution >= 4 is 22.8 Å². The SMILES string of the molecule is Cc1c(CC(=O)N2CCC[C@H]2C(=O)O)c(=O)oc2cc3c(cc12)CCC1(CCCCC1)O3. The van der Waals surface area contributed by atoms with E-state index in [0.29, 0.717) is 30.5 Å². The minimum atomic E-state index is -1.000. The molecule has 5 rings (SSSR count). The summed E-state index contributed by atoms with van der Waals surface area (Å²) >= 11 is 0. The normalized spacial score (nSPS) is 22.0. The maximum atomic E-state index is 12.8. The molecule has 7 nitrogen and oxygen atoms in total. The molecule has 32 heavy (non-hydrogen) atoms. The zero-order valence-corrected chi connectivity index (χ0v) is 18.4. The highest BCUT2D eigenvalue weighted by Crippen LogP contribution is 2.43. The lowest BCUT2D eigenvalue weighted by Crippen LogP contribution is -2.41. The van der Waals surface area contributed by atoms with Crippen molar-refractivity contribution in [2.75, 3.05) is 6.54 Å². The van der Waals surface area contributed by atoms with Gasteiger partial charge in [0.25, 0.3) is 0 Å². The molecule has 0 unspecified atom stereocenters. The highest BCUT2D eigenvalue weighted by Gasteiger charge is 2.38. The van der Waals surface area contributed by atoms with Gasteiger partial charge in [0, 0.05) is 18.0 Å². The number of hydrogen-bond acceptors (Lipinski definition) is 5. The van der Waals surface area contributed by atoms with Gasteiger partial charge in [0.15, 0.2) is 0 Å². The minimum Gasteiger partial charge on any atom is -0.487 e. The van der Waals surface area contributed by atoms with Crippen LogP contribution in [0, 0.1) is 6.92 Å². The minimum absolute atomic E-state index is 0.0863. The fourth-order valence-electron chi connectivity index (χ4n) is 5.73. The molecule has 1 saturated heterocycles. The lowest BCUT2D eigenvalue weighted by molar-refractivity contribution is -0.148. The molecule has 3 aliphatic rings. The fourth-order valence-corrected chi connectivity index (χ4v) is 5.73. The second-order valence-electron chi connectivity index (χ2n) is 9.56. The van der Waals surface area contributed by atoms with Crippen molar-refractivity contribution in [1.29, 1.82) is 0 Å². The van der Waals surface area contributed by atoms with Gasteiger partial charge >= 0.3 is 11.6 Å². The van der Waals surface area contributed by atoms with Gasteiger partial charge in [-0.15, -0.1) is 0 Å². The molecule has 1 amide bonds. The molecule has 7 heteroatoms. The van der Waals surface area contributed by atoms with Crippen molar-refractivity contribution in [3.63, 3.8) is 0 Å². The Labute approximate surface area is 186 Å². The molecule has 1 saturated carbocycles. The number of amides is 1. The number of nitrogens with zero attached hydrogens (tertiary/aromatic N) is 1. The Morgan fingerprint density at radius 2 is 1.94 bits per heavy atom. The first-order valence-electron chi connectivity index (χ1n) is 11.7. The number of carbonyl (C=O) groups is 2. The third-order valence-corrected chi connectivity index (χ3v) is 7.60. The molecule has 0 bridgehead atoms. The second kappa shape index (κ2) is 7.94. The molecule has 1 N–H and O–H groups in total. The zero-order chi connectivity index (χ0) is 22.5. The summed E-state index contributed by atoms with van der Waals surface area (Å²) in [4.78, 5) is 38.4. The molecule has 2 fully saturated rings. The van der Waals surface area contributed by atoms with E-state index in [2.05, 4.69) is 0 Å². The Kier molecular flexibility index (Phi) is 5.22. The number of fused-ring (bicyclic) bond motifs is 2. The van der Waals surface area contributed by atoms with E-state index in [0.717, 1.165) is 47.9 Å². The smallest absolute Gasteiger partial charge is 0.340 e. The Balaban J connectivity index is 1.46. The number of benzene rings is 1. The van der Waals surface area contributed by atoms with Gasteiger partial charge < -0.3 is 19.2 Å². The van der Waals surface area contributed by atoms with E-state index >= 15 is 0 Å². The van der Waals surface area contributed by atoms with Crippen molar-refractivity contribution in [2.24, 2.45) is 0 Å². The van der Waals surface area contributed by atoms with E-state index in [1.54, 1.807) is 0 Å². The number of aliphatic carboxylic acids is 1. The molecule has 2 aromatic rings. The molecule has 3 heterocycles. The lowest BCUT2D eigenvalue weighted by Gasteiger charge is -2.41. The summed E-state index contributed by atoms with van der Waals surface area (Å²) in [5.41, 5.74) is 1.97. The summed E-state index contributed by atoms with van der Waals surface area (Å²) in [7, 11) is 0. The summed E-state index contributed by atoms with van der Waals surface area (Å²) in [6.45, 7) is 2.24. The first-order valence-corrected chi connectivity index (χ1v) is 11.7. The van der Waals surface area contributed by atoms with Crippen molar-refractivity contribution in [2.45, 2.75) is 82.8 Å². The largest absolute Gasteiger partial charge is 0.487 e. The van der Waals surface area contributed by atoms with Crippen LogP contribution in [0.15, 0.2) is 21.3 Å². The predicted molar refractivity (Wildman–Crippen MR) is 118 cm³/mol. The number of carboxylic acids is 1. The fraction of sp³-hybridized carbons (Fsp3) is 0.560. The lowest BCUT2D eigenvalue weighted by atomic mass is 9.79. The van der Waals surface area contributed by atoms with Crippen molar-refractivity contribution in [3.05, 3.63) is 39.2 Å². The van der Waals surface area contributed by atoms with Crippen LogP contribution < -0.4 is 10.4 Å². The second-order valence-corrected chi connectivity index (χ2v) is 9.56. The van der Waals surface area contributed by atoms with Gasteiger partial charge in [-0.05, 0) is 75.5 Å². The molecule has 0 radical (unpaired) electrons. The van der Waals surface area contributed by atoms with E-state index in [9.17, 15) is 19.5 Å². The van der Waals surface area contributed by atoms with E-state index in [-0.39, 0.29) is 17.9 Å². The Morgan fingerprint density at radius 1 is 1.16 bits per heavy atom. The Morgan fingerprint density at radius 3 is 2.69 bits per heavy atom. The van der Waals surface area contributed by atoms with Crippen LogP contribution in [0.3, 0.4) is 0 Å². The maximum absolute atomic E-state index is 12.8. The average molecular weight is 440 g/mol. The van der Waals surface area contributed by atoms with Crippen LogP contribution in [0.5, 0.6) is 5.75 Å². The average Bonchev–Trinajstić information content (AvgIpc) is 3.27. The van der Waals surface area contributed by atoms with Crippen LogP contribution in [-0.2, 0) is 22.4 Å². The van der Waals surface area contributed by atoms with Crippen molar-refractivity contribution < 1.29 is 23.8 Å². The van der Waals surface area contributed by atoms with Crippen LogP contribution in [0.2, 0.25) is 0 Å². The quantitative estimate of drug-likeness (QED) is 0.732. The van der Waals surface area contributed by atoms with Gasteiger partial charge in [-0.3, -0.25) is 4.79 Å². The molecular weight excluding hydrogens is 410 g/mol. The number of carbonyl (C=O) groups excluding carboxylic acids is 1. The maximum Gasteiger partial charge on any atom is 0.340 e. The van der Waals surface area contributed by atoms with Crippen LogP contribution >= 0.6 is 0 Å². The predicted octanol–water partition coefficient (Wildman–Crippen LogP) is 3.75. The first kappa shape index (κ1) is 21.0. The number of aryl methyl sites for hydroxylation is 2. The van der Waals surface area contributed by atoms with Crippen LogP contribution in [0.25, 0.3) is 11.0 Å². The van der Waals surface area contributed by atoms with Crippen LogP contribution in [-0.4, -0.2) is 40.1 Å². The molecule has 1 aliphatic carbocycles. The van der Waals surface area contributed by atoms with E-state index in [4.69, 9.17) is 9.15 Å². The summed E-state index contributed by atoms with van der Waals surface area (Å²) in [6.07, 6.45) is 8.65. The molecular formula is C25H29NO6. The highest BCUT2D eigenvalue weighted by molar-refractivity contribution is 5.88. The van der Waals surface area contributed by atoms with Gasteiger partial charge in [-0.25, -0.2) is 9.59 Å². The van der Waals surface area contributed by atoms with Gasteiger partial charge in [0.05, 0.1) is 12.0 Å². The summed E-state index contributed by atoms with van der Waals surface area (Å²) in [6, 6.07) is 3.05. The topological polar surface area (TPSA) is 97.1 Å². The third kappa shape index (κ3) is 3.57. The monoisotopic (exact) mass is 439 g/mol. The summed E-state index contributed by atoms with van der Waals surface area (Å²) < 4.78 is 12.1. The molecule has 170 valence electrons. The third-order valence-electron chi connectivity index (χ3n) is 7.60. The van der Waals surface area contributed by atoms with Gasteiger partial charge in [0.2, 0.25) is 5.91 Å². The van der Waals surface area contributed by atoms with Crippen molar-refractivity contribution in [1.82, 2.24) is 4.90 Å². The molecule has 1 aromatic heterocycles. The van der Waals surface area contributed by atoms with Gasteiger partial charge in [-0.1, -0.05) is 6.42 Å². The van der Waals surface area contributed by atoms with Gasteiger partial charge in [0.1, 0.15) is 23.0 Å². The summed E-state index contributed by atoms with van der Waals surface area (Å²) in [5.74, 6) is -0.538. The number of hydrogen-bond donors (Lipinski definition) is 1. The molecule has 1 aromatic carbocycles.